The Kier molecular flexibility index (Phi) is 4.18. The van der Waals surface area contributed by atoms with Crippen LogP contribution in [-0.4, -0.2) is 16.0 Å². The fourth-order valence-electron chi connectivity index (χ4n) is 1.95. The second-order valence-corrected chi connectivity index (χ2v) is 4.64. The molecule has 2 aromatic carbocycles. The standard InChI is InChI=1S/C15H14N2O4/c1-10-5-6-13(14(7-10)17(20)21)16-9-11-3-2-4-12(8-11)15(18)19/h2-8,16H,9H2,1H3,(H,18,19). The van der Waals surface area contributed by atoms with Gasteiger partial charge in [0.2, 0.25) is 0 Å². The Labute approximate surface area is 121 Å². The molecule has 2 aromatic rings. The molecule has 0 aliphatic carbocycles. The molecule has 0 bridgehead atoms. The number of nitro groups is 1. The van der Waals surface area contributed by atoms with Crippen molar-refractivity contribution in [3.8, 4) is 0 Å². The third-order valence-corrected chi connectivity index (χ3v) is 3.01. The molecule has 21 heavy (non-hydrogen) atoms. The lowest BCUT2D eigenvalue weighted by Crippen LogP contribution is -2.04. The third-order valence-electron chi connectivity index (χ3n) is 3.01. The first-order valence-corrected chi connectivity index (χ1v) is 6.28. The number of carboxylic acids is 1. The van der Waals surface area contributed by atoms with E-state index in [0.29, 0.717) is 12.2 Å². The van der Waals surface area contributed by atoms with E-state index >= 15 is 0 Å². The Hall–Kier alpha value is -2.89. The fourth-order valence-corrected chi connectivity index (χ4v) is 1.95. The number of aromatic carboxylic acids is 1. The summed E-state index contributed by atoms with van der Waals surface area (Å²) in [7, 11) is 0. The third kappa shape index (κ3) is 3.56. The van der Waals surface area contributed by atoms with Gasteiger partial charge in [0.05, 0.1) is 10.5 Å². The molecule has 0 amide bonds. The molecule has 0 fully saturated rings. The maximum Gasteiger partial charge on any atom is 0.335 e. The van der Waals surface area contributed by atoms with Crippen molar-refractivity contribution in [3.63, 3.8) is 0 Å². The molecule has 0 saturated carbocycles. The first-order valence-electron chi connectivity index (χ1n) is 6.28. The minimum Gasteiger partial charge on any atom is -0.478 e. The van der Waals surface area contributed by atoms with Gasteiger partial charge in [-0.15, -0.1) is 0 Å². The Morgan fingerprint density at radius 3 is 2.71 bits per heavy atom. The lowest BCUT2D eigenvalue weighted by molar-refractivity contribution is -0.384. The van der Waals surface area contributed by atoms with Gasteiger partial charge in [0.1, 0.15) is 5.69 Å². The predicted molar refractivity (Wildman–Crippen MR) is 78.6 cm³/mol. The normalized spacial score (nSPS) is 10.1. The van der Waals surface area contributed by atoms with Crippen molar-refractivity contribution in [2.24, 2.45) is 0 Å². The molecule has 6 nitrogen and oxygen atoms in total. The first-order chi connectivity index (χ1) is 9.97. The Morgan fingerprint density at radius 2 is 2.05 bits per heavy atom. The van der Waals surface area contributed by atoms with Crippen molar-refractivity contribution >= 4 is 17.3 Å². The minimum absolute atomic E-state index is 0.00406. The van der Waals surface area contributed by atoms with Gasteiger partial charge in [-0.05, 0) is 36.2 Å². The highest BCUT2D eigenvalue weighted by atomic mass is 16.6. The number of nitrogens with one attached hydrogen (secondary N) is 1. The number of hydrogen-bond acceptors (Lipinski definition) is 4. The molecule has 0 radical (unpaired) electrons. The molecule has 0 unspecified atom stereocenters. The zero-order valence-electron chi connectivity index (χ0n) is 11.4. The van der Waals surface area contributed by atoms with Crippen LogP contribution in [0.2, 0.25) is 0 Å². The van der Waals surface area contributed by atoms with Crippen LogP contribution in [0, 0.1) is 17.0 Å². The predicted octanol–water partition coefficient (Wildman–Crippen LogP) is 3.21. The van der Waals surface area contributed by atoms with Crippen LogP contribution in [0.1, 0.15) is 21.5 Å². The van der Waals surface area contributed by atoms with Gasteiger partial charge in [-0.25, -0.2) is 4.79 Å². The summed E-state index contributed by atoms with van der Waals surface area (Å²) in [6.07, 6.45) is 0. The molecule has 0 spiro atoms. The molecule has 0 atom stereocenters. The van der Waals surface area contributed by atoms with Crippen LogP contribution >= 0.6 is 0 Å². The molecule has 108 valence electrons. The van der Waals surface area contributed by atoms with Crippen LogP contribution < -0.4 is 5.32 Å². The van der Waals surface area contributed by atoms with Gasteiger partial charge in [-0.3, -0.25) is 10.1 Å². The van der Waals surface area contributed by atoms with Gasteiger partial charge in [-0.2, -0.15) is 0 Å². The monoisotopic (exact) mass is 286 g/mol. The van der Waals surface area contributed by atoms with Crippen LogP contribution in [0.3, 0.4) is 0 Å². The number of benzene rings is 2. The molecule has 0 aliphatic rings. The molecule has 6 heteroatoms. The van der Waals surface area contributed by atoms with Gasteiger partial charge in [0, 0.05) is 12.6 Å². The van der Waals surface area contributed by atoms with Gasteiger partial charge in [0.15, 0.2) is 0 Å². The molecule has 0 aliphatic heterocycles. The number of carbonyl (C=O) groups is 1. The number of anilines is 1. The Bertz CT molecular complexity index is 698. The quantitative estimate of drug-likeness (QED) is 0.650. The van der Waals surface area contributed by atoms with Gasteiger partial charge >= 0.3 is 5.97 Å². The van der Waals surface area contributed by atoms with Gasteiger partial charge in [-0.1, -0.05) is 18.2 Å². The van der Waals surface area contributed by atoms with E-state index in [1.165, 1.54) is 18.2 Å². The number of aryl methyl sites for hydroxylation is 1. The summed E-state index contributed by atoms with van der Waals surface area (Å²) in [5, 5.41) is 22.9. The van der Waals surface area contributed by atoms with E-state index in [0.717, 1.165) is 11.1 Å². The zero-order chi connectivity index (χ0) is 15.4. The number of nitrogens with zero attached hydrogens (tertiary/aromatic N) is 1. The molecule has 0 heterocycles. The van der Waals surface area contributed by atoms with Crippen molar-refractivity contribution in [1.29, 1.82) is 0 Å². The Balaban J connectivity index is 2.18. The van der Waals surface area contributed by atoms with E-state index in [-0.39, 0.29) is 11.3 Å². The maximum atomic E-state index is 11.0. The molecule has 2 N–H and O–H groups in total. The van der Waals surface area contributed by atoms with E-state index in [9.17, 15) is 14.9 Å². The van der Waals surface area contributed by atoms with Crippen molar-refractivity contribution in [1.82, 2.24) is 0 Å². The highest BCUT2D eigenvalue weighted by Gasteiger charge is 2.13. The first kappa shape index (κ1) is 14.5. The lowest BCUT2D eigenvalue weighted by Gasteiger charge is -2.08. The zero-order valence-corrected chi connectivity index (χ0v) is 11.4. The minimum atomic E-state index is -1.00. The van der Waals surface area contributed by atoms with E-state index in [2.05, 4.69) is 5.32 Å². The molecule has 2 rings (SSSR count). The molecular weight excluding hydrogens is 272 g/mol. The summed E-state index contributed by atoms with van der Waals surface area (Å²) in [5.74, 6) is -1.00. The second-order valence-electron chi connectivity index (χ2n) is 4.64. The number of carboxylic acid groups (broad SMARTS) is 1. The van der Waals surface area contributed by atoms with E-state index in [1.54, 1.807) is 31.2 Å². The summed E-state index contributed by atoms with van der Waals surface area (Å²) in [4.78, 5) is 21.5. The Morgan fingerprint density at radius 1 is 1.29 bits per heavy atom. The van der Waals surface area contributed by atoms with Gasteiger partial charge < -0.3 is 10.4 Å². The van der Waals surface area contributed by atoms with Crippen LogP contribution in [0.15, 0.2) is 42.5 Å². The van der Waals surface area contributed by atoms with Crippen molar-refractivity contribution in [3.05, 3.63) is 69.3 Å². The van der Waals surface area contributed by atoms with Crippen molar-refractivity contribution < 1.29 is 14.8 Å². The summed E-state index contributed by atoms with van der Waals surface area (Å²) in [6, 6.07) is 11.4. The average Bonchev–Trinajstić information content (AvgIpc) is 2.46. The number of nitro benzene ring substituents is 1. The van der Waals surface area contributed by atoms with Crippen LogP contribution in [0.25, 0.3) is 0 Å². The highest BCUT2D eigenvalue weighted by molar-refractivity contribution is 5.87. The van der Waals surface area contributed by atoms with Crippen molar-refractivity contribution in [2.75, 3.05) is 5.32 Å². The SMILES string of the molecule is Cc1ccc(NCc2cccc(C(=O)O)c2)c([N+](=O)[O-])c1. The van der Waals surface area contributed by atoms with Gasteiger partial charge in [0.25, 0.3) is 5.69 Å². The van der Waals surface area contributed by atoms with E-state index < -0.39 is 10.9 Å². The summed E-state index contributed by atoms with van der Waals surface area (Å²) < 4.78 is 0. The lowest BCUT2D eigenvalue weighted by atomic mass is 10.1. The summed E-state index contributed by atoms with van der Waals surface area (Å²) in [5.41, 5.74) is 2.15. The summed E-state index contributed by atoms with van der Waals surface area (Å²) >= 11 is 0. The van der Waals surface area contributed by atoms with Crippen LogP contribution in [0.4, 0.5) is 11.4 Å². The highest BCUT2D eigenvalue weighted by Crippen LogP contribution is 2.25. The fraction of sp³-hybridized carbons (Fsp3) is 0.133. The smallest absolute Gasteiger partial charge is 0.335 e. The van der Waals surface area contributed by atoms with E-state index in [1.807, 2.05) is 0 Å². The van der Waals surface area contributed by atoms with Crippen LogP contribution in [0.5, 0.6) is 0 Å². The largest absolute Gasteiger partial charge is 0.478 e. The molecule has 0 saturated heterocycles. The average molecular weight is 286 g/mol. The number of hydrogen-bond donors (Lipinski definition) is 2. The molecular formula is C15H14N2O4. The maximum absolute atomic E-state index is 11.0. The van der Waals surface area contributed by atoms with Crippen molar-refractivity contribution in [2.45, 2.75) is 13.5 Å². The molecule has 0 aromatic heterocycles. The van der Waals surface area contributed by atoms with Crippen LogP contribution in [-0.2, 0) is 6.54 Å². The summed E-state index contributed by atoms with van der Waals surface area (Å²) in [6.45, 7) is 2.10. The second kappa shape index (κ2) is 6.04. The number of rotatable bonds is 5. The topological polar surface area (TPSA) is 92.5 Å². The van der Waals surface area contributed by atoms with E-state index in [4.69, 9.17) is 5.11 Å².